The Morgan fingerprint density at radius 3 is 0.409 bits per heavy atom. The van der Waals surface area contributed by atoms with Crippen LogP contribution in [0.1, 0.15) is 0 Å². The standard InChI is InChI=1S/C36H60O30/c37-1-7-25-13(43)19(49)31(55-7)62-26-8(2-38)57-33(21(51)15(26)45)64-28-10(4-40)59-35(23(53)17(28)47)66-30-12(6-42)60-36(24(54)18(30)48)65-29-11(5-41)58-34(22(52)16(29)46)63-27-9(3-39)56-32(61-25)20(50)14(27)44/h7-54H,1-6H2/t7-,8-,9-,10-,11-,12-,13-,14+,15+,16+,17+,18+,19-,20-,21+,22-,23+,24+,25+,26+,27+,28+,29+,30-,31+,32+,33+,34+,35+,36+/m0/s1. The van der Waals surface area contributed by atoms with Crippen LogP contribution in [0.4, 0.5) is 0 Å². The van der Waals surface area contributed by atoms with E-state index in [1.54, 1.807) is 0 Å². The molecule has 22 fully saturated rings. The smallest absolute Gasteiger partial charge is 0.187 e. The molecule has 18 N–H and O–H groups in total. The number of rotatable bonds is 6. The molecular weight excluding hydrogens is 912 g/mol. The Hall–Kier alpha value is -1.20. The summed E-state index contributed by atoms with van der Waals surface area (Å²) in [5.74, 6) is 0. The van der Waals surface area contributed by atoms with Crippen LogP contribution < -0.4 is 0 Å². The predicted octanol–water partition coefficient (Wildman–Crippen LogP) is -13.1. The summed E-state index contributed by atoms with van der Waals surface area (Å²) in [6.45, 7) is -5.99. The van der Waals surface area contributed by atoms with Crippen molar-refractivity contribution < 1.29 is 149 Å². The summed E-state index contributed by atoms with van der Waals surface area (Å²) < 4.78 is 67.9. The van der Waals surface area contributed by atoms with Gasteiger partial charge in [0.05, 0.1) is 39.6 Å². The van der Waals surface area contributed by atoms with Crippen LogP contribution in [0, 0.1) is 0 Å². The van der Waals surface area contributed by atoms with Crippen molar-refractivity contribution in [1.82, 2.24) is 0 Å². The van der Waals surface area contributed by atoms with Crippen LogP contribution in [-0.4, -0.2) is 316 Å². The van der Waals surface area contributed by atoms with Gasteiger partial charge in [0.15, 0.2) is 37.7 Å². The summed E-state index contributed by atoms with van der Waals surface area (Å²) >= 11 is 0. The summed E-state index contributed by atoms with van der Waals surface area (Å²) in [4.78, 5) is 0. The Balaban J connectivity index is 1.19. The van der Waals surface area contributed by atoms with Crippen LogP contribution in [0.15, 0.2) is 0 Å². The quantitative estimate of drug-likeness (QED) is 0.117. The number of hydrogen-bond acceptors (Lipinski definition) is 30. The lowest BCUT2D eigenvalue weighted by Gasteiger charge is -2.50. The maximum atomic E-state index is 11.2. The van der Waals surface area contributed by atoms with Gasteiger partial charge in [0.2, 0.25) is 0 Å². The van der Waals surface area contributed by atoms with Gasteiger partial charge in [-0.25, -0.2) is 0 Å². The number of hydrogen-bond donors (Lipinski definition) is 18. The maximum absolute atomic E-state index is 11.2. The molecule has 66 heavy (non-hydrogen) atoms. The van der Waals surface area contributed by atoms with Gasteiger partial charge >= 0.3 is 0 Å². The normalized spacial score (nSPS) is 55.4. The first kappa shape index (κ1) is 52.6. The summed E-state index contributed by atoms with van der Waals surface area (Å²) in [7, 11) is 0. The SMILES string of the molecule is OC[C@@H]1O[C@@H]2O[C@H]3[C@H](O)[C@H](O)[C@@H](O[C@H]4[C@H](O)[C@H](O)[C@@H](O[C@H]5[C@@H](O)[C@H](O)[C@@H](O[C@H]6[C@H](O)[C@@H](O)[C@@H](O[C@H]7[C@H](O)[C@@H](O)[C@@H](O[C@@H]1[C@H](O)[C@H]2O)O[C@H]7CO)O[C@H]6CO)O[C@H]5CO)O[C@H]4CO)O[C@H]3CO. The van der Waals surface area contributed by atoms with Gasteiger partial charge in [0, 0.05) is 0 Å². The lowest BCUT2D eigenvalue weighted by atomic mass is 9.94. The highest BCUT2D eigenvalue weighted by molar-refractivity contribution is 5.01. The molecule has 384 valence electrons. The molecule has 0 amide bonds. The van der Waals surface area contributed by atoms with Gasteiger partial charge in [-0.2, -0.15) is 0 Å². The highest BCUT2D eigenvalue weighted by Gasteiger charge is 2.58. The van der Waals surface area contributed by atoms with Crippen LogP contribution in [-0.2, 0) is 56.8 Å². The highest BCUT2D eigenvalue weighted by Crippen LogP contribution is 2.38. The molecule has 0 aliphatic carbocycles. The second kappa shape index (κ2) is 22.1. The first-order valence-electron chi connectivity index (χ1n) is 21.1. The van der Waals surface area contributed by atoms with Crippen molar-refractivity contribution in [1.29, 1.82) is 0 Å². The molecular formula is C36H60O30. The molecule has 22 aliphatic heterocycles. The zero-order valence-electron chi connectivity index (χ0n) is 34.5. The Kier molecular flexibility index (Phi) is 17.6. The van der Waals surface area contributed by atoms with Gasteiger partial charge in [-0.05, 0) is 0 Å². The first-order chi connectivity index (χ1) is 31.4. The average molecular weight is 973 g/mol. The highest BCUT2D eigenvalue weighted by atomic mass is 16.8. The van der Waals surface area contributed by atoms with E-state index in [0.717, 1.165) is 0 Å². The summed E-state index contributed by atoms with van der Waals surface area (Å²) in [5, 5.41) is 196. The molecule has 0 radical (unpaired) electrons. The number of aliphatic hydroxyl groups is 18. The van der Waals surface area contributed by atoms with E-state index >= 15 is 0 Å². The van der Waals surface area contributed by atoms with Crippen LogP contribution in [0.2, 0.25) is 0 Å². The minimum Gasteiger partial charge on any atom is -0.394 e. The van der Waals surface area contributed by atoms with Crippen molar-refractivity contribution in [3.8, 4) is 0 Å². The van der Waals surface area contributed by atoms with Gasteiger partial charge < -0.3 is 149 Å². The Morgan fingerprint density at radius 1 is 0.182 bits per heavy atom. The monoisotopic (exact) mass is 972 g/mol. The molecule has 22 heterocycles. The van der Waals surface area contributed by atoms with E-state index in [2.05, 4.69) is 0 Å². The molecule has 22 saturated heterocycles. The van der Waals surface area contributed by atoms with Crippen molar-refractivity contribution in [3.63, 3.8) is 0 Å². The maximum Gasteiger partial charge on any atom is 0.187 e. The summed E-state index contributed by atoms with van der Waals surface area (Å²) in [5.41, 5.74) is 0. The van der Waals surface area contributed by atoms with Crippen molar-refractivity contribution in [2.75, 3.05) is 39.6 Å². The topological polar surface area (TPSA) is 475 Å². The fourth-order valence-electron chi connectivity index (χ4n) is 8.93. The van der Waals surface area contributed by atoms with Crippen molar-refractivity contribution >= 4 is 0 Å². The van der Waals surface area contributed by atoms with E-state index in [-0.39, 0.29) is 0 Å². The molecule has 0 aromatic heterocycles. The molecule has 22 rings (SSSR count). The lowest BCUT2D eigenvalue weighted by Crippen LogP contribution is -2.69. The van der Waals surface area contributed by atoms with Crippen molar-refractivity contribution in [3.05, 3.63) is 0 Å². The molecule has 0 unspecified atom stereocenters. The summed E-state index contributed by atoms with van der Waals surface area (Å²) in [6.07, 6.45) is -58.5. The van der Waals surface area contributed by atoms with Crippen LogP contribution >= 0.6 is 0 Å². The fourth-order valence-corrected chi connectivity index (χ4v) is 8.93. The molecule has 30 heteroatoms. The predicted molar refractivity (Wildman–Crippen MR) is 196 cm³/mol. The van der Waals surface area contributed by atoms with Gasteiger partial charge in [-0.3, -0.25) is 0 Å². The van der Waals surface area contributed by atoms with E-state index in [4.69, 9.17) is 56.8 Å². The zero-order valence-corrected chi connectivity index (χ0v) is 34.5. The lowest BCUT2D eigenvalue weighted by molar-refractivity contribution is -0.404. The number of aliphatic hydroxyl groups excluding tert-OH is 18. The molecule has 0 spiro atoms. The van der Waals surface area contributed by atoms with E-state index in [1.165, 1.54) is 0 Å². The largest absolute Gasteiger partial charge is 0.394 e. The molecule has 12 bridgehead atoms. The van der Waals surface area contributed by atoms with Crippen LogP contribution in [0.3, 0.4) is 0 Å². The van der Waals surface area contributed by atoms with E-state index in [0.29, 0.717) is 0 Å². The molecule has 30 atom stereocenters. The van der Waals surface area contributed by atoms with Gasteiger partial charge in [-0.1, -0.05) is 0 Å². The van der Waals surface area contributed by atoms with Crippen molar-refractivity contribution in [2.24, 2.45) is 0 Å². The molecule has 30 nitrogen and oxygen atoms in total. The molecule has 22 aliphatic rings. The molecule has 0 saturated carbocycles. The van der Waals surface area contributed by atoms with Crippen LogP contribution in [0.25, 0.3) is 0 Å². The second-order valence-electron chi connectivity index (χ2n) is 16.8. The van der Waals surface area contributed by atoms with Crippen molar-refractivity contribution in [2.45, 2.75) is 184 Å². The van der Waals surface area contributed by atoms with E-state index in [9.17, 15) is 91.9 Å². The summed E-state index contributed by atoms with van der Waals surface area (Å²) in [6, 6.07) is 0. The first-order valence-corrected chi connectivity index (χ1v) is 21.1. The number of ether oxygens (including phenoxy) is 12. The van der Waals surface area contributed by atoms with Gasteiger partial charge in [0.25, 0.3) is 0 Å². The molecule has 0 aromatic carbocycles. The van der Waals surface area contributed by atoms with E-state index < -0.39 is 224 Å². The third kappa shape index (κ3) is 10.0. The fraction of sp³-hybridized carbons (Fsp3) is 1.00. The molecule has 0 aromatic rings. The van der Waals surface area contributed by atoms with Gasteiger partial charge in [-0.15, -0.1) is 0 Å². The third-order valence-corrected chi connectivity index (χ3v) is 12.7. The third-order valence-electron chi connectivity index (χ3n) is 12.7. The van der Waals surface area contributed by atoms with Crippen LogP contribution in [0.5, 0.6) is 0 Å². The minimum atomic E-state index is -2.15. The minimum absolute atomic E-state index is 0.999. The Labute approximate surface area is 372 Å². The van der Waals surface area contributed by atoms with E-state index in [1.807, 2.05) is 0 Å². The zero-order chi connectivity index (χ0) is 48.0. The van der Waals surface area contributed by atoms with Gasteiger partial charge in [0.1, 0.15) is 146 Å². The average Bonchev–Trinajstić information content (AvgIpc) is 3.31. The Morgan fingerprint density at radius 2 is 0.303 bits per heavy atom. The Bertz CT molecular complexity index is 1230. The second-order valence-corrected chi connectivity index (χ2v) is 16.8.